The Morgan fingerprint density at radius 2 is 1.41 bits per heavy atom. The molecule has 0 atom stereocenters. The molecule has 0 saturated heterocycles. The number of benzene rings is 2. The number of hydrogen-bond donors (Lipinski definition) is 2. The summed E-state index contributed by atoms with van der Waals surface area (Å²) in [5.41, 5.74) is 2.40. The summed E-state index contributed by atoms with van der Waals surface area (Å²) in [6.07, 6.45) is 0. The van der Waals surface area contributed by atoms with Crippen molar-refractivity contribution in [3.05, 3.63) is 58.1 Å². The molecule has 0 aliphatic heterocycles. The number of carbonyl (C=O) groups is 2. The van der Waals surface area contributed by atoms with Crippen molar-refractivity contribution >= 4 is 11.9 Å². The van der Waals surface area contributed by atoms with Gasteiger partial charge in [0.2, 0.25) is 0 Å². The van der Waals surface area contributed by atoms with Crippen LogP contribution in [0.3, 0.4) is 0 Å². The van der Waals surface area contributed by atoms with Crippen molar-refractivity contribution in [2.24, 2.45) is 0 Å². The molecule has 114 valence electrons. The fourth-order valence-corrected chi connectivity index (χ4v) is 2.40. The predicted molar refractivity (Wildman–Crippen MR) is 81.1 cm³/mol. The van der Waals surface area contributed by atoms with Gasteiger partial charge in [-0.3, -0.25) is 0 Å². The van der Waals surface area contributed by atoms with Gasteiger partial charge < -0.3 is 14.9 Å². The summed E-state index contributed by atoms with van der Waals surface area (Å²) in [6.45, 7) is 5.78. The molecule has 0 heterocycles. The van der Waals surface area contributed by atoms with E-state index in [1.165, 1.54) is 18.2 Å². The zero-order chi connectivity index (χ0) is 16.4. The summed E-state index contributed by atoms with van der Waals surface area (Å²) in [5, 5.41) is 18.1. The maximum atomic E-state index is 11.2. The van der Waals surface area contributed by atoms with E-state index in [0.717, 1.165) is 16.7 Å². The van der Waals surface area contributed by atoms with Crippen LogP contribution in [0.25, 0.3) is 0 Å². The number of carboxylic acid groups (broad SMARTS) is 2. The lowest BCUT2D eigenvalue weighted by Crippen LogP contribution is -2.08. The van der Waals surface area contributed by atoms with Gasteiger partial charge in [0.1, 0.15) is 11.5 Å². The molecule has 0 unspecified atom stereocenters. The van der Waals surface area contributed by atoms with Gasteiger partial charge in [-0.25, -0.2) is 9.59 Å². The fourth-order valence-electron chi connectivity index (χ4n) is 2.40. The van der Waals surface area contributed by atoms with Gasteiger partial charge in [-0.05, 0) is 50.1 Å². The molecule has 0 amide bonds. The molecular weight excluding hydrogens is 284 g/mol. The fraction of sp³-hybridized carbons (Fsp3) is 0.176. The SMILES string of the molecule is Cc1cc(C)c(Oc2ccc(C(=O)O)c(C(=O)O)c2)c(C)c1. The number of carboxylic acids is 2. The normalized spacial score (nSPS) is 10.3. The zero-order valence-electron chi connectivity index (χ0n) is 12.5. The van der Waals surface area contributed by atoms with E-state index in [-0.39, 0.29) is 16.9 Å². The van der Waals surface area contributed by atoms with Gasteiger partial charge in [-0.1, -0.05) is 17.7 Å². The van der Waals surface area contributed by atoms with Crippen LogP contribution < -0.4 is 4.74 Å². The van der Waals surface area contributed by atoms with Gasteiger partial charge in [-0.15, -0.1) is 0 Å². The quantitative estimate of drug-likeness (QED) is 0.897. The van der Waals surface area contributed by atoms with Crippen LogP contribution in [0.15, 0.2) is 30.3 Å². The van der Waals surface area contributed by atoms with Gasteiger partial charge >= 0.3 is 11.9 Å². The summed E-state index contributed by atoms with van der Waals surface area (Å²) in [6, 6.07) is 7.84. The van der Waals surface area contributed by atoms with Crippen LogP contribution in [0.1, 0.15) is 37.4 Å². The number of aryl methyl sites for hydroxylation is 3. The molecule has 0 saturated carbocycles. The molecule has 5 nitrogen and oxygen atoms in total. The molecule has 0 fully saturated rings. The Balaban J connectivity index is 2.45. The molecule has 5 heteroatoms. The van der Waals surface area contributed by atoms with E-state index < -0.39 is 11.9 Å². The van der Waals surface area contributed by atoms with E-state index in [1.54, 1.807) is 0 Å². The lowest BCUT2D eigenvalue weighted by Gasteiger charge is -2.13. The molecule has 0 aromatic heterocycles. The number of aromatic carboxylic acids is 2. The number of ether oxygens (including phenoxy) is 1. The average Bonchev–Trinajstić information content (AvgIpc) is 2.42. The highest BCUT2D eigenvalue weighted by Crippen LogP contribution is 2.30. The molecule has 0 radical (unpaired) electrons. The first-order valence-electron chi connectivity index (χ1n) is 6.66. The summed E-state index contributed by atoms with van der Waals surface area (Å²) in [5.74, 6) is -1.66. The van der Waals surface area contributed by atoms with Gasteiger partial charge in [0.25, 0.3) is 0 Å². The molecule has 2 rings (SSSR count). The topological polar surface area (TPSA) is 83.8 Å². The van der Waals surface area contributed by atoms with Crippen LogP contribution in [-0.4, -0.2) is 22.2 Å². The van der Waals surface area contributed by atoms with E-state index in [0.29, 0.717) is 5.75 Å². The second-order valence-electron chi connectivity index (χ2n) is 5.15. The minimum atomic E-state index is -1.31. The Morgan fingerprint density at radius 1 is 0.864 bits per heavy atom. The van der Waals surface area contributed by atoms with Crippen molar-refractivity contribution in [3.8, 4) is 11.5 Å². The summed E-state index contributed by atoms with van der Waals surface area (Å²) in [7, 11) is 0. The first-order valence-corrected chi connectivity index (χ1v) is 6.66. The van der Waals surface area contributed by atoms with E-state index in [2.05, 4.69) is 0 Å². The summed E-state index contributed by atoms with van der Waals surface area (Å²) >= 11 is 0. The second kappa shape index (κ2) is 5.89. The van der Waals surface area contributed by atoms with Gasteiger partial charge in [-0.2, -0.15) is 0 Å². The highest BCUT2D eigenvalue weighted by molar-refractivity contribution is 6.02. The molecule has 2 aromatic carbocycles. The first kappa shape index (κ1) is 15.6. The smallest absolute Gasteiger partial charge is 0.336 e. The van der Waals surface area contributed by atoms with Crippen LogP contribution in [0.2, 0.25) is 0 Å². The lowest BCUT2D eigenvalue weighted by molar-refractivity contribution is 0.0651. The second-order valence-corrected chi connectivity index (χ2v) is 5.15. The van der Waals surface area contributed by atoms with Crippen LogP contribution in [-0.2, 0) is 0 Å². The largest absolute Gasteiger partial charge is 0.478 e. The van der Waals surface area contributed by atoms with Crippen molar-refractivity contribution in [2.45, 2.75) is 20.8 Å². The number of rotatable bonds is 4. The molecule has 22 heavy (non-hydrogen) atoms. The molecule has 2 N–H and O–H groups in total. The number of hydrogen-bond acceptors (Lipinski definition) is 3. The molecule has 0 spiro atoms. The average molecular weight is 300 g/mol. The summed E-state index contributed by atoms with van der Waals surface area (Å²) < 4.78 is 5.76. The monoisotopic (exact) mass is 300 g/mol. The molecular formula is C17H16O5. The maximum Gasteiger partial charge on any atom is 0.336 e. The van der Waals surface area contributed by atoms with E-state index >= 15 is 0 Å². The Morgan fingerprint density at radius 3 is 1.91 bits per heavy atom. The van der Waals surface area contributed by atoms with Crippen molar-refractivity contribution in [1.82, 2.24) is 0 Å². The van der Waals surface area contributed by atoms with E-state index in [1.807, 2.05) is 32.9 Å². The Labute approximate surface area is 127 Å². The molecule has 0 aliphatic carbocycles. The maximum absolute atomic E-state index is 11.2. The predicted octanol–water partition coefficient (Wildman–Crippen LogP) is 3.80. The Kier molecular flexibility index (Phi) is 4.17. The minimum Gasteiger partial charge on any atom is -0.478 e. The third-order valence-electron chi connectivity index (χ3n) is 3.28. The highest BCUT2D eigenvalue weighted by Gasteiger charge is 2.17. The van der Waals surface area contributed by atoms with Gasteiger partial charge in [0.05, 0.1) is 11.1 Å². The highest BCUT2D eigenvalue weighted by atomic mass is 16.5. The van der Waals surface area contributed by atoms with Crippen LogP contribution >= 0.6 is 0 Å². The Hall–Kier alpha value is -2.82. The van der Waals surface area contributed by atoms with Gasteiger partial charge in [0.15, 0.2) is 0 Å². The zero-order valence-corrected chi connectivity index (χ0v) is 12.5. The third kappa shape index (κ3) is 3.09. The van der Waals surface area contributed by atoms with Crippen molar-refractivity contribution in [3.63, 3.8) is 0 Å². The minimum absolute atomic E-state index is 0.266. The van der Waals surface area contributed by atoms with Crippen LogP contribution in [0, 0.1) is 20.8 Å². The van der Waals surface area contributed by atoms with Crippen molar-refractivity contribution in [2.75, 3.05) is 0 Å². The van der Waals surface area contributed by atoms with Crippen molar-refractivity contribution < 1.29 is 24.5 Å². The molecule has 2 aromatic rings. The van der Waals surface area contributed by atoms with Crippen molar-refractivity contribution in [1.29, 1.82) is 0 Å². The first-order chi connectivity index (χ1) is 10.3. The van der Waals surface area contributed by atoms with Crippen LogP contribution in [0.5, 0.6) is 11.5 Å². The van der Waals surface area contributed by atoms with Crippen LogP contribution in [0.4, 0.5) is 0 Å². The Bertz CT molecular complexity index is 739. The molecule has 0 aliphatic rings. The lowest BCUT2D eigenvalue weighted by atomic mass is 10.1. The van der Waals surface area contributed by atoms with E-state index in [4.69, 9.17) is 14.9 Å². The van der Waals surface area contributed by atoms with Gasteiger partial charge in [0, 0.05) is 0 Å². The molecule has 0 bridgehead atoms. The third-order valence-corrected chi connectivity index (χ3v) is 3.28. The summed E-state index contributed by atoms with van der Waals surface area (Å²) in [4.78, 5) is 22.2. The van der Waals surface area contributed by atoms with E-state index in [9.17, 15) is 9.59 Å². The standard InChI is InChI=1S/C17H16O5/c1-9-6-10(2)15(11(3)7-9)22-12-4-5-13(16(18)19)14(8-12)17(20)21/h4-8H,1-3H3,(H,18,19)(H,20,21).